The number of aryl methyl sites for hydroxylation is 1. The van der Waals surface area contributed by atoms with Gasteiger partial charge in [0.1, 0.15) is 6.10 Å². The average molecular weight is 258 g/mol. The van der Waals surface area contributed by atoms with E-state index in [2.05, 4.69) is 28.7 Å². The van der Waals surface area contributed by atoms with Crippen LogP contribution in [0.5, 0.6) is 0 Å². The van der Waals surface area contributed by atoms with Crippen LogP contribution in [0.4, 0.5) is 0 Å². The summed E-state index contributed by atoms with van der Waals surface area (Å²) in [6, 6.07) is 10.2. The molecule has 0 amide bonds. The van der Waals surface area contributed by atoms with Crippen LogP contribution in [0.3, 0.4) is 0 Å². The average Bonchev–Trinajstić information content (AvgIpc) is 2.86. The summed E-state index contributed by atoms with van der Waals surface area (Å²) in [5, 5.41) is 4.42. The number of fused-ring (bicyclic) bond motifs is 1. The van der Waals surface area contributed by atoms with Crippen molar-refractivity contribution in [1.82, 2.24) is 15.2 Å². The molecule has 2 aromatic rings. The zero-order chi connectivity index (χ0) is 13.2. The van der Waals surface area contributed by atoms with Crippen molar-refractivity contribution in [1.29, 1.82) is 0 Å². The Kier molecular flexibility index (Phi) is 3.33. The van der Waals surface area contributed by atoms with Gasteiger partial charge in [-0.15, -0.1) is 0 Å². The second-order valence-corrected chi connectivity index (χ2v) is 4.80. The van der Waals surface area contributed by atoms with E-state index in [0.29, 0.717) is 6.61 Å². The van der Waals surface area contributed by atoms with Crippen molar-refractivity contribution >= 4 is 0 Å². The Labute approximate surface area is 112 Å². The van der Waals surface area contributed by atoms with E-state index in [9.17, 15) is 0 Å². The highest BCUT2D eigenvalue weighted by atomic mass is 16.5. The quantitative estimate of drug-likeness (QED) is 0.642. The first-order valence-electron chi connectivity index (χ1n) is 6.44. The molecule has 19 heavy (non-hydrogen) atoms. The second kappa shape index (κ2) is 5.13. The molecule has 1 aromatic heterocycles. The van der Waals surface area contributed by atoms with Gasteiger partial charge in [-0.25, -0.2) is 5.43 Å². The first-order valence-corrected chi connectivity index (χ1v) is 6.44. The molecule has 1 aliphatic rings. The number of nitrogens with zero attached hydrogens (tertiary/aromatic N) is 2. The largest absolute Gasteiger partial charge is 0.371 e. The van der Waals surface area contributed by atoms with E-state index in [0.717, 1.165) is 12.1 Å². The van der Waals surface area contributed by atoms with Gasteiger partial charge in [0.05, 0.1) is 18.3 Å². The number of benzene rings is 1. The van der Waals surface area contributed by atoms with Crippen molar-refractivity contribution < 1.29 is 4.74 Å². The van der Waals surface area contributed by atoms with Gasteiger partial charge in [-0.3, -0.25) is 10.5 Å². The Morgan fingerprint density at radius 2 is 2.26 bits per heavy atom. The predicted molar refractivity (Wildman–Crippen MR) is 72.1 cm³/mol. The highest BCUT2D eigenvalue weighted by Gasteiger charge is 2.30. The number of nitrogens with one attached hydrogen (secondary N) is 1. The van der Waals surface area contributed by atoms with Crippen LogP contribution in [0.15, 0.2) is 36.5 Å². The standard InChI is InChI=1S/C14H18N4O/c1-18-8-6-12(17-18)13(16-15)14-11-5-3-2-4-10(11)7-9-19-14/h2-6,8,13-14,16H,7,9,15H2,1H3. The smallest absolute Gasteiger partial charge is 0.105 e. The van der Waals surface area contributed by atoms with Crippen molar-refractivity contribution in [2.45, 2.75) is 18.6 Å². The minimum Gasteiger partial charge on any atom is -0.371 e. The van der Waals surface area contributed by atoms with Crippen molar-refractivity contribution in [2.75, 3.05) is 6.61 Å². The van der Waals surface area contributed by atoms with Crippen LogP contribution < -0.4 is 11.3 Å². The Morgan fingerprint density at radius 1 is 1.42 bits per heavy atom. The number of hydrogen-bond donors (Lipinski definition) is 2. The van der Waals surface area contributed by atoms with E-state index in [-0.39, 0.29) is 12.1 Å². The number of hydrogen-bond acceptors (Lipinski definition) is 4. The maximum Gasteiger partial charge on any atom is 0.105 e. The highest BCUT2D eigenvalue weighted by Crippen LogP contribution is 2.35. The van der Waals surface area contributed by atoms with E-state index in [1.54, 1.807) is 4.68 Å². The summed E-state index contributed by atoms with van der Waals surface area (Å²) in [6.45, 7) is 0.715. The molecule has 1 aromatic carbocycles. The third-order valence-corrected chi connectivity index (χ3v) is 3.57. The first kappa shape index (κ1) is 12.3. The fraction of sp³-hybridized carbons (Fsp3) is 0.357. The lowest BCUT2D eigenvalue weighted by Gasteiger charge is -2.31. The fourth-order valence-corrected chi connectivity index (χ4v) is 2.63. The molecule has 100 valence electrons. The second-order valence-electron chi connectivity index (χ2n) is 4.80. The van der Waals surface area contributed by atoms with Gasteiger partial charge < -0.3 is 4.74 Å². The predicted octanol–water partition coefficient (Wildman–Crippen LogP) is 1.24. The molecule has 2 unspecified atom stereocenters. The van der Waals surface area contributed by atoms with Crippen LogP contribution in [0.25, 0.3) is 0 Å². The van der Waals surface area contributed by atoms with Gasteiger partial charge in [0.2, 0.25) is 0 Å². The minimum absolute atomic E-state index is 0.0927. The van der Waals surface area contributed by atoms with Crippen molar-refractivity contribution in [3.05, 3.63) is 53.3 Å². The van der Waals surface area contributed by atoms with Crippen molar-refractivity contribution in [3.8, 4) is 0 Å². The Morgan fingerprint density at radius 3 is 3.00 bits per heavy atom. The highest BCUT2D eigenvalue weighted by molar-refractivity contribution is 5.33. The molecule has 0 saturated carbocycles. The monoisotopic (exact) mass is 258 g/mol. The lowest BCUT2D eigenvalue weighted by molar-refractivity contribution is 0.0136. The maximum atomic E-state index is 5.93. The van der Waals surface area contributed by atoms with Crippen LogP contribution in [0.1, 0.15) is 29.0 Å². The molecule has 0 aliphatic carbocycles. The molecule has 0 fully saturated rings. The van der Waals surface area contributed by atoms with Gasteiger partial charge in [-0.05, 0) is 23.6 Å². The summed E-state index contributed by atoms with van der Waals surface area (Å²) < 4.78 is 7.70. The fourth-order valence-electron chi connectivity index (χ4n) is 2.63. The Balaban J connectivity index is 1.97. The van der Waals surface area contributed by atoms with E-state index in [1.807, 2.05) is 25.4 Å². The van der Waals surface area contributed by atoms with E-state index < -0.39 is 0 Å². The lowest BCUT2D eigenvalue weighted by atomic mass is 9.92. The summed E-state index contributed by atoms with van der Waals surface area (Å²) >= 11 is 0. The summed E-state index contributed by atoms with van der Waals surface area (Å²) in [7, 11) is 1.90. The third kappa shape index (κ3) is 2.28. The molecule has 2 atom stereocenters. The first-order chi connectivity index (χ1) is 9.29. The normalized spacial score (nSPS) is 20.0. The number of nitrogens with two attached hydrogens (primary N) is 1. The van der Waals surface area contributed by atoms with Gasteiger partial charge in [-0.2, -0.15) is 5.10 Å². The molecule has 0 bridgehead atoms. The van der Waals surface area contributed by atoms with Gasteiger partial charge in [0.15, 0.2) is 0 Å². The van der Waals surface area contributed by atoms with Gasteiger partial charge in [-0.1, -0.05) is 24.3 Å². The van der Waals surface area contributed by atoms with Gasteiger partial charge in [0.25, 0.3) is 0 Å². The Hall–Kier alpha value is -1.69. The minimum atomic E-state index is -0.136. The van der Waals surface area contributed by atoms with Crippen molar-refractivity contribution in [2.24, 2.45) is 12.9 Å². The topological polar surface area (TPSA) is 65.1 Å². The van der Waals surface area contributed by atoms with Gasteiger partial charge >= 0.3 is 0 Å². The molecule has 0 radical (unpaired) electrons. The molecule has 5 nitrogen and oxygen atoms in total. The summed E-state index contributed by atoms with van der Waals surface area (Å²) in [5.74, 6) is 5.72. The number of rotatable bonds is 3. The van der Waals surface area contributed by atoms with Crippen LogP contribution in [0, 0.1) is 0 Å². The maximum absolute atomic E-state index is 5.93. The SMILES string of the molecule is Cn1ccc(C(NN)C2OCCc3ccccc32)n1. The van der Waals surface area contributed by atoms with E-state index >= 15 is 0 Å². The molecule has 2 heterocycles. The molecule has 0 spiro atoms. The van der Waals surface area contributed by atoms with Crippen LogP contribution in [0.2, 0.25) is 0 Å². The summed E-state index contributed by atoms with van der Waals surface area (Å²) in [6.07, 6.45) is 2.77. The molecular weight excluding hydrogens is 240 g/mol. The Bertz CT molecular complexity index is 566. The molecule has 5 heteroatoms. The molecular formula is C14H18N4O. The van der Waals surface area contributed by atoms with E-state index in [1.165, 1.54) is 11.1 Å². The zero-order valence-electron chi connectivity index (χ0n) is 10.9. The van der Waals surface area contributed by atoms with Crippen LogP contribution >= 0.6 is 0 Å². The van der Waals surface area contributed by atoms with Gasteiger partial charge in [0, 0.05) is 13.2 Å². The molecule has 3 N–H and O–H groups in total. The number of ether oxygens (including phenoxy) is 1. The van der Waals surface area contributed by atoms with Crippen LogP contribution in [-0.2, 0) is 18.2 Å². The third-order valence-electron chi connectivity index (χ3n) is 3.57. The van der Waals surface area contributed by atoms with E-state index in [4.69, 9.17) is 10.6 Å². The molecule has 0 saturated heterocycles. The van der Waals surface area contributed by atoms with Crippen molar-refractivity contribution in [3.63, 3.8) is 0 Å². The lowest BCUT2D eigenvalue weighted by Crippen LogP contribution is -2.36. The zero-order valence-corrected chi connectivity index (χ0v) is 10.9. The molecule has 3 rings (SSSR count). The summed E-state index contributed by atoms with van der Waals surface area (Å²) in [4.78, 5) is 0. The summed E-state index contributed by atoms with van der Waals surface area (Å²) in [5.41, 5.74) is 6.26. The van der Waals surface area contributed by atoms with Crippen LogP contribution in [-0.4, -0.2) is 16.4 Å². The number of hydrazine groups is 1. The number of aromatic nitrogens is 2. The molecule has 1 aliphatic heterocycles.